The normalized spacial score (nSPS) is 18.5. The minimum Gasteiger partial charge on any atom is -0.347 e. The molecule has 0 spiro atoms. The number of urea groups is 1. The fourth-order valence-corrected chi connectivity index (χ4v) is 3.07. The number of aromatic amines is 1. The minimum atomic E-state index is -0.261. The molecule has 2 amide bonds. The number of nitrogens with one attached hydrogen (secondary N) is 2. The first-order valence-corrected chi connectivity index (χ1v) is 8.02. The summed E-state index contributed by atoms with van der Waals surface area (Å²) in [5.41, 5.74) is 0.861. The Bertz CT molecular complexity index is 644. The zero-order valence-electron chi connectivity index (χ0n) is 13.0. The standard InChI is InChI=1S/C17H21FN4O/c18-14-6-4-5-13(11-14)15-7-2-1-3-10-22(15)17(23)21-12-16-19-8-9-20-16/h4-6,8-9,11,15H,1-3,7,10,12H2,(H,19,20)(H,21,23)/t15-/m1/s1. The number of hydrogen-bond acceptors (Lipinski definition) is 2. The number of likely N-dealkylation sites (tertiary alicyclic amines) is 1. The summed E-state index contributed by atoms with van der Waals surface area (Å²) < 4.78 is 13.6. The number of imidazole rings is 1. The van der Waals surface area contributed by atoms with E-state index in [1.54, 1.807) is 18.5 Å². The van der Waals surface area contributed by atoms with Gasteiger partial charge in [-0.2, -0.15) is 0 Å². The van der Waals surface area contributed by atoms with Crippen molar-refractivity contribution >= 4 is 6.03 Å². The van der Waals surface area contributed by atoms with Gasteiger partial charge < -0.3 is 15.2 Å². The van der Waals surface area contributed by atoms with E-state index in [0.29, 0.717) is 13.1 Å². The third kappa shape index (κ3) is 3.88. The highest BCUT2D eigenvalue weighted by molar-refractivity contribution is 5.74. The second-order valence-corrected chi connectivity index (χ2v) is 5.81. The van der Waals surface area contributed by atoms with Crippen LogP contribution in [-0.4, -0.2) is 27.4 Å². The second kappa shape index (κ2) is 7.26. The number of rotatable bonds is 3. The van der Waals surface area contributed by atoms with Crippen LogP contribution < -0.4 is 5.32 Å². The molecule has 2 aromatic rings. The van der Waals surface area contributed by atoms with Crippen LogP contribution in [0.5, 0.6) is 0 Å². The molecular formula is C17H21FN4O. The summed E-state index contributed by atoms with van der Waals surface area (Å²) in [6.07, 6.45) is 7.35. The number of carbonyl (C=O) groups excluding carboxylic acids is 1. The van der Waals surface area contributed by atoms with E-state index in [9.17, 15) is 9.18 Å². The van der Waals surface area contributed by atoms with Gasteiger partial charge in [0.1, 0.15) is 11.6 Å². The van der Waals surface area contributed by atoms with Crippen LogP contribution in [0.15, 0.2) is 36.7 Å². The quantitative estimate of drug-likeness (QED) is 0.912. The predicted octanol–water partition coefficient (Wildman–Crippen LogP) is 3.38. The first-order chi connectivity index (χ1) is 11.2. The summed E-state index contributed by atoms with van der Waals surface area (Å²) in [5, 5.41) is 2.90. The van der Waals surface area contributed by atoms with Gasteiger partial charge in [-0.05, 0) is 30.5 Å². The zero-order chi connectivity index (χ0) is 16.1. The summed E-state index contributed by atoms with van der Waals surface area (Å²) in [5.74, 6) is 0.457. The first kappa shape index (κ1) is 15.5. The molecule has 23 heavy (non-hydrogen) atoms. The van der Waals surface area contributed by atoms with Crippen molar-refractivity contribution in [3.8, 4) is 0 Å². The highest BCUT2D eigenvalue weighted by Crippen LogP contribution is 2.30. The molecular weight excluding hydrogens is 295 g/mol. The Morgan fingerprint density at radius 2 is 2.30 bits per heavy atom. The number of carbonyl (C=O) groups is 1. The molecule has 5 nitrogen and oxygen atoms in total. The van der Waals surface area contributed by atoms with E-state index in [1.807, 2.05) is 11.0 Å². The van der Waals surface area contributed by atoms with Crippen molar-refractivity contribution in [2.45, 2.75) is 38.3 Å². The van der Waals surface area contributed by atoms with E-state index in [4.69, 9.17) is 0 Å². The van der Waals surface area contributed by atoms with Gasteiger partial charge >= 0.3 is 6.03 Å². The topological polar surface area (TPSA) is 61.0 Å². The summed E-state index contributed by atoms with van der Waals surface area (Å²) in [6, 6.07) is 6.35. The van der Waals surface area contributed by atoms with Crippen molar-refractivity contribution in [2.24, 2.45) is 0 Å². The highest BCUT2D eigenvalue weighted by Gasteiger charge is 2.26. The van der Waals surface area contributed by atoms with E-state index in [1.165, 1.54) is 12.1 Å². The molecule has 1 aliphatic rings. The molecule has 2 heterocycles. The molecule has 0 bridgehead atoms. The molecule has 122 valence electrons. The Morgan fingerprint density at radius 3 is 3.09 bits per heavy atom. The van der Waals surface area contributed by atoms with Gasteiger partial charge in [-0.1, -0.05) is 25.0 Å². The zero-order valence-corrected chi connectivity index (χ0v) is 13.0. The Kier molecular flexibility index (Phi) is 4.90. The monoisotopic (exact) mass is 316 g/mol. The van der Waals surface area contributed by atoms with Crippen molar-refractivity contribution < 1.29 is 9.18 Å². The molecule has 0 saturated carbocycles. The average molecular weight is 316 g/mol. The summed E-state index contributed by atoms with van der Waals surface area (Å²) in [7, 11) is 0. The largest absolute Gasteiger partial charge is 0.347 e. The van der Waals surface area contributed by atoms with Crippen LogP contribution in [0.4, 0.5) is 9.18 Å². The van der Waals surface area contributed by atoms with Gasteiger partial charge in [-0.25, -0.2) is 14.2 Å². The predicted molar refractivity (Wildman–Crippen MR) is 85.1 cm³/mol. The smallest absolute Gasteiger partial charge is 0.318 e. The third-order valence-electron chi connectivity index (χ3n) is 4.21. The molecule has 1 aromatic heterocycles. The lowest BCUT2D eigenvalue weighted by molar-refractivity contribution is 0.175. The molecule has 1 saturated heterocycles. The first-order valence-electron chi connectivity index (χ1n) is 8.02. The van der Waals surface area contributed by atoms with Crippen LogP contribution in [0.1, 0.15) is 43.1 Å². The summed E-state index contributed by atoms with van der Waals surface area (Å²) in [6.45, 7) is 1.05. The Hall–Kier alpha value is -2.37. The maximum absolute atomic E-state index is 13.6. The van der Waals surface area contributed by atoms with Gasteiger partial charge in [-0.3, -0.25) is 0 Å². The van der Waals surface area contributed by atoms with Crippen LogP contribution >= 0.6 is 0 Å². The van der Waals surface area contributed by atoms with E-state index in [0.717, 1.165) is 37.1 Å². The maximum atomic E-state index is 13.6. The Morgan fingerprint density at radius 1 is 1.39 bits per heavy atom. The van der Waals surface area contributed by atoms with E-state index in [-0.39, 0.29) is 17.9 Å². The molecule has 1 atom stereocenters. The van der Waals surface area contributed by atoms with Gasteiger partial charge in [0.25, 0.3) is 0 Å². The van der Waals surface area contributed by atoms with Crippen LogP contribution in [-0.2, 0) is 6.54 Å². The number of H-pyrrole nitrogens is 1. The molecule has 1 fully saturated rings. The molecule has 0 radical (unpaired) electrons. The van der Waals surface area contributed by atoms with Crippen molar-refractivity contribution in [1.29, 1.82) is 0 Å². The summed E-state index contributed by atoms with van der Waals surface area (Å²) in [4.78, 5) is 21.5. The Balaban J connectivity index is 1.74. The molecule has 0 unspecified atom stereocenters. The fourth-order valence-electron chi connectivity index (χ4n) is 3.07. The van der Waals surface area contributed by atoms with Crippen LogP contribution in [0.25, 0.3) is 0 Å². The lowest BCUT2D eigenvalue weighted by atomic mass is 10.0. The summed E-state index contributed by atoms with van der Waals surface area (Å²) >= 11 is 0. The third-order valence-corrected chi connectivity index (χ3v) is 4.21. The molecule has 3 rings (SSSR count). The number of amides is 2. The van der Waals surface area contributed by atoms with Crippen molar-refractivity contribution in [2.75, 3.05) is 6.54 Å². The lowest BCUT2D eigenvalue weighted by Crippen LogP contribution is -2.42. The van der Waals surface area contributed by atoms with Gasteiger partial charge in [0.05, 0.1) is 12.6 Å². The van der Waals surface area contributed by atoms with E-state index >= 15 is 0 Å². The number of aromatic nitrogens is 2. The average Bonchev–Trinajstić information content (AvgIpc) is 2.95. The number of benzene rings is 1. The number of hydrogen-bond donors (Lipinski definition) is 2. The lowest BCUT2D eigenvalue weighted by Gasteiger charge is -2.30. The van der Waals surface area contributed by atoms with E-state index < -0.39 is 0 Å². The van der Waals surface area contributed by atoms with Crippen molar-refractivity contribution in [1.82, 2.24) is 20.2 Å². The molecule has 1 aliphatic heterocycles. The van der Waals surface area contributed by atoms with Gasteiger partial charge in [0.2, 0.25) is 0 Å². The molecule has 2 N–H and O–H groups in total. The van der Waals surface area contributed by atoms with Crippen LogP contribution in [0, 0.1) is 5.82 Å². The minimum absolute atomic E-state index is 0.0789. The van der Waals surface area contributed by atoms with Crippen LogP contribution in [0.2, 0.25) is 0 Å². The number of nitrogens with zero attached hydrogens (tertiary/aromatic N) is 2. The maximum Gasteiger partial charge on any atom is 0.318 e. The fraction of sp³-hybridized carbons (Fsp3) is 0.412. The molecule has 1 aromatic carbocycles. The molecule has 6 heteroatoms. The van der Waals surface area contributed by atoms with Crippen molar-refractivity contribution in [3.63, 3.8) is 0 Å². The number of halogens is 1. The van der Waals surface area contributed by atoms with E-state index in [2.05, 4.69) is 15.3 Å². The molecule has 0 aliphatic carbocycles. The van der Waals surface area contributed by atoms with Gasteiger partial charge in [-0.15, -0.1) is 0 Å². The van der Waals surface area contributed by atoms with Gasteiger partial charge in [0.15, 0.2) is 0 Å². The SMILES string of the molecule is O=C(NCc1ncc[nH]1)N1CCCCC[C@@H]1c1cccc(F)c1. The van der Waals surface area contributed by atoms with Gasteiger partial charge in [0, 0.05) is 18.9 Å². The Labute approximate surface area is 134 Å². The highest BCUT2D eigenvalue weighted by atomic mass is 19.1. The van der Waals surface area contributed by atoms with Crippen molar-refractivity contribution in [3.05, 3.63) is 53.9 Å². The second-order valence-electron chi connectivity index (χ2n) is 5.81. The van der Waals surface area contributed by atoms with Crippen LogP contribution in [0.3, 0.4) is 0 Å².